The summed E-state index contributed by atoms with van der Waals surface area (Å²) in [5.41, 5.74) is 4.74. The van der Waals surface area contributed by atoms with Gasteiger partial charge in [-0.2, -0.15) is 0 Å². The van der Waals surface area contributed by atoms with E-state index in [1.54, 1.807) is 0 Å². The third kappa shape index (κ3) is 6.25. The summed E-state index contributed by atoms with van der Waals surface area (Å²) in [5.74, 6) is 0.122. The van der Waals surface area contributed by atoms with Crippen LogP contribution in [0.2, 0.25) is 0 Å². The Morgan fingerprint density at radius 1 is 1.10 bits per heavy atom. The van der Waals surface area contributed by atoms with Crippen molar-refractivity contribution in [2.45, 2.75) is 32.2 Å². The Morgan fingerprint density at radius 2 is 1.90 bits per heavy atom. The standard InChI is InChI=1S/C24H31BrN4/c1-4-5-12-28(2)13-14-29(3)23-10-8-22(9-11-23)27-18-20-17-26-16-19-6-7-21(25)15-24(19)20/h6-11,15,17-18,20H,4-5,12-14,16H2,1-3H3. The first-order valence-electron chi connectivity index (χ1n) is 10.4. The molecule has 0 amide bonds. The molecule has 4 nitrogen and oxygen atoms in total. The fraction of sp³-hybridized carbons (Fsp3) is 0.417. The van der Waals surface area contributed by atoms with Gasteiger partial charge in [-0.15, -0.1) is 0 Å². The molecule has 0 saturated carbocycles. The first-order chi connectivity index (χ1) is 14.1. The zero-order valence-electron chi connectivity index (χ0n) is 17.7. The van der Waals surface area contributed by atoms with Crippen molar-refractivity contribution in [3.8, 4) is 0 Å². The van der Waals surface area contributed by atoms with E-state index in [1.165, 1.54) is 36.2 Å². The molecule has 1 aliphatic heterocycles. The number of aliphatic imine (C=N–C) groups is 2. The lowest BCUT2D eigenvalue weighted by Crippen LogP contribution is -2.31. The summed E-state index contributed by atoms with van der Waals surface area (Å²) in [4.78, 5) is 13.9. The molecule has 1 aliphatic rings. The number of fused-ring (bicyclic) bond motifs is 1. The van der Waals surface area contributed by atoms with Crippen LogP contribution in [0.15, 0.2) is 56.9 Å². The van der Waals surface area contributed by atoms with Gasteiger partial charge in [0.25, 0.3) is 0 Å². The molecule has 0 bridgehead atoms. The molecule has 2 aromatic rings. The summed E-state index contributed by atoms with van der Waals surface area (Å²) >= 11 is 3.57. The molecule has 1 unspecified atom stereocenters. The fourth-order valence-corrected chi connectivity index (χ4v) is 3.81. The number of halogens is 1. The number of unbranched alkanes of at least 4 members (excludes halogenated alkanes) is 1. The normalized spacial score (nSPS) is 15.8. The Hall–Kier alpha value is -1.98. The zero-order chi connectivity index (χ0) is 20.6. The summed E-state index contributed by atoms with van der Waals surface area (Å²) in [5, 5.41) is 0. The van der Waals surface area contributed by atoms with Crippen molar-refractivity contribution < 1.29 is 0 Å². The third-order valence-corrected chi connectivity index (χ3v) is 5.87. The van der Waals surface area contributed by atoms with Crippen molar-refractivity contribution in [3.05, 3.63) is 58.1 Å². The maximum atomic E-state index is 4.71. The molecule has 3 rings (SSSR count). The molecule has 2 aromatic carbocycles. The van der Waals surface area contributed by atoms with Crippen molar-refractivity contribution >= 4 is 39.7 Å². The van der Waals surface area contributed by atoms with Crippen molar-refractivity contribution in [1.82, 2.24) is 4.90 Å². The van der Waals surface area contributed by atoms with Crippen LogP contribution in [-0.2, 0) is 6.54 Å². The predicted molar refractivity (Wildman–Crippen MR) is 129 cm³/mol. The van der Waals surface area contributed by atoms with Gasteiger partial charge in [0.05, 0.1) is 18.2 Å². The molecule has 0 N–H and O–H groups in total. The molecular formula is C24H31BrN4. The lowest BCUT2D eigenvalue weighted by Gasteiger charge is -2.23. The van der Waals surface area contributed by atoms with Gasteiger partial charge >= 0.3 is 0 Å². The van der Waals surface area contributed by atoms with E-state index in [9.17, 15) is 0 Å². The van der Waals surface area contributed by atoms with Crippen LogP contribution < -0.4 is 4.90 Å². The van der Waals surface area contributed by atoms with E-state index in [0.717, 1.165) is 29.8 Å². The van der Waals surface area contributed by atoms with Gasteiger partial charge in [-0.25, -0.2) is 0 Å². The second kappa shape index (κ2) is 10.7. The molecule has 0 aromatic heterocycles. The highest BCUT2D eigenvalue weighted by atomic mass is 79.9. The minimum Gasteiger partial charge on any atom is -0.373 e. The average molecular weight is 455 g/mol. The molecule has 0 aliphatic carbocycles. The van der Waals surface area contributed by atoms with Crippen LogP contribution in [-0.4, -0.2) is 51.1 Å². The summed E-state index contributed by atoms with van der Waals surface area (Å²) < 4.78 is 1.10. The molecule has 1 atom stereocenters. The van der Waals surface area contributed by atoms with Crippen LogP contribution in [0, 0.1) is 0 Å². The Kier molecular flexibility index (Phi) is 8.01. The minimum absolute atomic E-state index is 0.122. The predicted octanol–water partition coefficient (Wildman–Crippen LogP) is 5.69. The molecule has 5 heteroatoms. The van der Waals surface area contributed by atoms with Gasteiger partial charge in [-0.3, -0.25) is 9.98 Å². The molecule has 154 valence electrons. The van der Waals surface area contributed by atoms with E-state index in [0.29, 0.717) is 0 Å². The highest BCUT2D eigenvalue weighted by Crippen LogP contribution is 2.27. The fourth-order valence-electron chi connectivity index (χ4n) is 3.43. The number of benzene rings is 2. The quantitative estimate of drug-likeness (QED) is 0.455. The Bertz CT molecular complexity index is 844. The zero-order valence-corrected chi connectivity index (χ0v) is 19.3. The Balaban J connectivity index is 1.59. The summed E-state index contributed by atoms with van der Waals surface area (Å²) in [6, 6.07) is 14.9. The SMILES string of the molecule is CCCCN(C)CCN(C)c1ccc(N=CC2C=NCc3ccc(Br)cc32)cc1. The van der Waals surface area contributed by atoms with Gasteiger partial charge in [0.1, 0.15) is 0 Å². The van der Waals surface area contributed by atoms with Gasteiger partial charge in [0.15, 0.2) is 0 Å². The smallest absolute Gasteiger partial charge is 0.0639 e. The van der Waals surface area contributed by atoms with E-state index in [1.807, 2.05) is 12.4 Å². The third-order valence-electron chi connectivity index (χ3n) is 5.38. The van der Waals surface area contributed by atoms with Crippen LogP contribution >= 0.6 is 15.9 Å². The van der Waals surface area contributed by atoms with E-state index in [4.69, 9.17) is 4.99 Å². The van der Waals surface area contributed by atoms with Crippen molar-refractivity contribution in [1.29, 1.82) is 0 Å². The van der Waals surface area contributed by atoms with Gasteiger partial charge < -0.3 is 9.80 Å². The monoisotopic (exact) mass is 454 g/mol. The van der Waals surface area contributed by atoms with Crippen LogP contribution in [0.25, 0.3) is 0 Å². The molecule has 29 heavy (non-hydrogen) atoms. The van der Waals surface area contributed by atoms with Crippen molar-refractivity contribution in [2.75, 3.05) is 38.6 Å². The first-order valence-corrected chi connectivity index (χ1v) is 11.2. The van der Waals surface area contributed by atoms with Crippen molar-refractivity contribution in [3.63, 3.8) is 0 Å². The van der Waals surface area contributed by atoms with E-state index >= 15 is 0 Å². The lowest BCUT2D eigenvalue weighted by molar-refractivity contribution is 0.335. The molecule has 0 radical (unpaired) electrons. The molecule has 0 spiro atoms. The second-order valence-corrected chi connectivity index (χ2v) is 8.65. The first kappa shape index (κ1) is 21.7. The minimum atomic E-state index is 0.122. The largest absolute Gasteiger partial charge is 0.373 e. The summed E-state index contributed by atoms with van der Waals surface area (Å²) in [6.07, 6.45) is 6.50. The maximum Gasteiger partial charge on any atom is 0.0639 e. The van der Waals surface area contributed by atoms with E-state index < -0.39 is 0 Å². The van der Waals surface area contributed by atoms with Crippen LogP contribution in [0.3, 0.4) is 0 Å². The van der Waals surface area contributed by atoms with E-state index in [-0.39, 0.29) is 5.92 Å². The molecule has 0 fully saturated rings. The second-order valence-electron chi connectivity index (χ2n) is 7.73. The van der Waals surface area contributed by atoms with Crippen LogP contribution in [0.1, 0.15) is 36.8 Å². The highest BCUT2D eigenvalue weighted by molar-refractivity contribution is 9.10. The van der Waals surface area contributed by atoms with Crippen LogP contribution in [0.4, 0.5) is 11.4 Å². The number of hydrogen-bond acceptors (Lipinski definition) is 4. The van der Waals surface area contributed by atoms with Gasteiger partial charge in [-0.05, 0) is 67.5 Å². The Morgan fingerprint density at radius 3 is 2.66 bits per heavy atom. The molecular weight excluding hydrogens is 424 g/mol. The molecule has 0 saturated heterocycles. The number of likely N-dealkylation sites (N-methyl/N-ethyl adjacent to an activating group) is 2. The van der Waals surface area contributed by atoms with Crippen molar-refractivity contribution in [2.24, 2.45) is 9.98 Å². The average Bonchev–Trinajstić information content (AvgIpc) is 2.74. The van der Waals surface area contributed by atoms with Crippen LogP contribution in [0.5, 0.6) is 0 Å². The van der Waals surface area contributed by atoms with Gasteiger partial charge in [-0.1, -0.05) is 35.3 Å². The summed E-state index contributed by atoms with van der Waals surface area (Å²) in [7, 11) is 4.35. The Labute approximate surface area is 183 Å². The lowest BCUT2D eigenvalue weighted by atomic mass is 9.94. The maximum absolute atomic E-state index is 4.71. The number of rotatable bonds is 9. The number of hydrogen-bond donors (Lipinski definition) is 0. The topological polar surface area (TPSA) is 31.2 Å². The van der Waals surface area contributed by atoms with Gasteiger partial charge in [0, 0.05) is 42.7 Å². The highest BCUT2D eigenvalue weighted by Gasteiger charge is 2.15. The number of anilines is 1. The van der Waals surface area contributed by atoms with Gasteiger partial charge in [0.2, 0.25) is 0 Å². The number of nitrogens with zero attached hydrogens (tertiary/aromatic N) is 4. The summed E-state index contributed by atoms with van der Waals surface area (Å²) in [6.45, 7) is 6.26. The van der Waals surface area contributed by atoms with E-state index in [2.05, 4.69) is 94.2 Å². The molecule has 1 heterocycles.